The number of benzene rings is 4. The first-order chi connectivity index (χ1) is 15.0. The summed E-state index contributed by atoms with van der Waals surface area (Å²) in [6.45, 7) is 0.174. The van der Waals surface area contributed by atoms with Crippen LogP contribution < -0.4 is 14.8 Å². The second kappa shape index (κ2) is 8.83. The van der Waals surface area contributed by atoms with Gasteiger partial charge in [-0.15, -0.1) is 0 Å². The molecule has 1 amide bonds. The van der Waals surface area contributed by atoms with Crippen LogP contribution in [0.15, 0.2) is 78.9 Å². The minimum atomic E-state index is -0.846. The molecule has 0 aliphatic carbocycles. The Balaban J connectivity index is 1.53. The number of amides is 1. The predicted molar refractivity (Wildman–Crippen MR) is 116 cm³/mol. The summed E-state index contributed by atoms with van der Waals surface area (Å²) in [4.78, 5) is 12.6. The van der Waals surface area contributed by atoms with Crippen LogP contribution in [0.3, 0.4) is 0 Å². The fraction of sp³-hybridized carbons (Fsp3) is 0.0800. The molecule has 4 rings (SSSR count). The molecule has 0 aliphatic heterocycles. The third-order valence-electron chi connectivity index (χ3n) is 4.84. The second-order valence-corrected chi connectivity index (χ2v) is 6.90. The van der Waals surface area contributed by atoms with Gasteiger partial charge < -0.3 is 14.8 Å². The summed E-state index contributed by atoms with van der Waals surface area (Å²) in [6.07, 6.45) is 0. The Morgan fingerprint density at radius 3 is 2.48 bits per heavy atom. The van der Waals surface area contributed by atoms with Crippen LogP contribution in [0, 0.1) is 11.6 Å². The Hall–Kier alpha value is -3.93. The number of fused-ring (bicyclic) bond motifs is 1. The van der Waals surface area contributed by atoms with Crippen molar-refractivity contribution in [3.05, 3.63) is 102 Å². The Morgan fingerprint density at radius 1 is 0.903 bits per heavy atom. The number of rotatable bonds is 6. The molecule has 4 nitrogen and oxygen atoms in total. The van der Waals surface area contributed by atoms with E-state index in [-0.39, 0.29) is 12.3 Å². The lowest BCUT2D eigenvalue weighted by molar-refractivity contribution is 0.102. The van der Waals surface area contributed by atoms with Crippen LogP contribution in [0.1, 0.15) is 15.9 Å². The number of nitrogens with one attached hydrogen (secondary N) is 1. The first-order valence-electron chi connectivity index (χ1n) is 9.58. The fourth-order valence-corrected chi connectivity index (χ4v) is 3.24. The zero-order chi connectivity index (χ0) is 21.8. The number of methoxy groups -OCH3 is 1. The van der Waals surface area contributed by atoms with E-state index in [1.165, 1.54) is 13.2 Å². The minimum Gasteiger partial charge on any atom is -0.496 e. The summed E-state index contributed by atoms with van der Waals surface area (Å²) in [5, 5.41) is 4.62. The van der Waals surface area contributed by atoms with E-state index in [1.807, 2.05) is 42.5 Å². The molecule has 6 heteroatoms. The minimum absolute atomic E-state index is 0.101. The van der Waals surface area contributed by atoms with Crippen molar-refractivity contribution >= 4 is 22.4 Å². The Labute approximate surface area is 178 Å². The summed E-state index contributed by atoms with van der Waals surface area (Å²) in [5.74, 6) is -0.843. The lowest BCUT2D eigenvalue weighted by Crippen LogP contribution is -2.14. The van der Waals surface area contributed by atoms with Crippen LogP contribution in [-0.4, -0.2) is 13.0 Å². The van der Waals surface area contributed by atoms with Gasteiger partial charge in [0.15, 0.2) is 0 Å². The number of ether oxygens (including phenoxy) is 2. The van der Waals surface area contributed by atoms with E-state index in [2.05, 4.69) is 5.32 Å². The summed E-state index contributed by atoms with van der Waals surface area (Å²) >= 11 is 0. The van der Waals surface area contributed by atoms with Crippen molar-refractivity contribution in [2.24, 2.45) is 0 Å². The number of carbonyl (C=O) groups excluding carboxylic acids is 1. The molecule has 31 heavy (non-hydrogen) atoms. The Bertz CT molecular complexity index is 1260. The van der Waals surface area contributed by atoms with Gasteiger partial charge in [-0.25, -0.2) is 8.78 Å². The average molecular weight is 419 g/mol. The summed E-state index contributed by atoms with van der Waals surface area (Å²) in [7, 11) is 1.53. The van der Waals surface area contributed by atoms with E-state index in [4.69, 9.17) is 9.47 Å². The molecule has 0 spiro atoms. The summed E-state index contributed by atoms with van der Waals surface area (Å²) in [5.41, 5.74) is 0.848. The number of carbonyl (C=O) groups is 1. The van der Waals surface area contributed by atoms with Crippen molar-refractivity contribution in [2.75, 3.05) is 12.4 Å². The molecule has 1 N–H and O–H groups in total. The van der Waals surface area contributed by atoms with Gasteiger partial charge in [0.25, 0.3) is 5.91 Å². The topological polar surface area (TPSA) is 47.6 Å². The normalized spacial score (nSPS) is 10.7. The lowest BCUT2D eigenvalue weighted by Gasteiger charge is -2.13. The molecule has 0 atom stereocenters. The van der Waals surface area contributed by atoms with Crippen molar-refractivity contribution in [3.8, 4) is 11.5 Å². The van der Waals surface area contributed by atoms with E-state index < -0.39 is 17.5 Å². The smallest absolute Gasteiger partial charge is 0.255 e. The molecular formula is C25H19F2NO3. The molecule has 4 aromatic rings. The number of hydrogen-bond donors (Lipinski definition) is 1. The van der Waals surface area contributed by atoms with E-state index in [0.717, 1.165) is 16.8 Å². The van der Waals surface area contributed by atoms with Gasteiger partial charge in [0, 0.05) is 17.2 Å². The van der Waals surface area contributed by atoms with Crippen molar-refractivity contribution in [2.45, 2.75) is 6.61 Å². The number of hydrogen-bond acceptors (Lipinski definition) is 3. The largest absolute Gasteiger partial charge is 0.496 e. The molecule has 0 fully saturated rings. The molecule has 0 radical (unpaired) electrons. The van der Waals surface area contributed by atoms with Gasteiger partial charge in [-0.1, -0.05) is 30.3 Å². The van der Waals surface area contributed by atoms with Crippen LogP contribution in [0.5, 0.6) is 11.5 Å². The average Bonchev–Trinajstić information content (AvgIpc) is 2.79. The summed E-state index contributed by atoms with van der Waals surface area (Å²) in [6, 6.07) is 21.6. The van der Waals surface area contributed by atoms with Crippen LogP contribution in [-0.2, 0) is 6.61 Å². The molecule has 156 valence electrons. The Morgan fingerprint density at radius 2 is 1.71 bits per heavy atom. The van der Waals surface area contributed by atoms with Gasteiger partial charge in [0.1, 0.15) is 29.7 Å². The third kappa shape index (κ3) is 4.64. The molecule has 0 saturated carbocycles. The maximum Gasteiger partial charge on any atom is 0.255 e. The first-order valence-corrected chi connectivity index (χ1v) is 9.58. The van der Waals surface area contributed by atoms with Gasteiger partial charge >= 0.3 is 0 Å². The predicted octanol–water partition coefficient (Wildman–Crippen LogP) is 5.96. The van der Waals surface area contributed by atoms with E-state index >= 15 is 0 Å². The molecule has 0 saturated heterocycles. The maximum atomic E-state index is 13.8. The van der Waals surface area contributed by atoms with E-state index in [1.54, 1.807) is 18.2 Å². The molecule has 0 unspecified atom stereocenters. The highest BCUT2D eigenvalue weighted by atomic mass is 19.1. The van der Waals surface area contributed by atoms with Crippen LogP contribution in [0.2, 0.25) is 0 Å². The highest BCUT2D eigenvalue weighted by molar-refractivity contribution is 6.04. The zero-order valence-corrected chi connectivity index (χ0v) is 16.7. The van der Waals surface area contributed by atoms with Crippen molar-refractivity contribution < 1.29 is 23.0 Å². The van der Waals surface area contributed by atoms with Gasteiger partial charge in [-0.3, -0.25) is 4.79 Å². The number of anilines is 1. The molecule has 4 aromatic carbocycles. The van der Waals surface area contributed by atoms with Crippen LogP contribution in [0.25, 0.3) is 10.8 Å². The van der Waals surface area contributed by atoms with Crippen molar-refractivity contribution in [1.82, 2.24) is 0 Å². The molecular weight excluding hydrogens is 400 g/mol. The van der Waals surface area contributed by atoms with Gasteiger partial charge in [0.05, 0.1) is 12.8 Å². The third-order valence-corrected chi connectivity index (χ3v) is 4.84. The van der Waals surface area contributed by atoms with E-state index in [0.29, 0.717) is 28.7 Å². The highest BCUT2D eigenvalue weighted by Gasteiger charge is 2.13. The van der Waals surface area contributed by atoms with Gasteiger partial charge in [-0.05, 0) is 53.2 Å². The van der Waals surface area contributed by atoms with Crippen LogP contribution in [0.4, 0.5) is 14.5 Å². The number of halogens is 2. The fourth-order valence-electron chi connectivity index (χ4n) is 3.24. The monoisotopic (exact) mass is 419 g/mol. The molecule has 0 aromatic heterocycles. The van der Waals surface area contributed by atoms with Crippen molar-refractivity contribution in [3.63, 3.8) is 0 Å². The molecule has 0 aliphatic rings. The quantitative estimate of drug-likeness (QED) is 0.420. The van der Waals surface area contributed by atoms with E-state index in [9.17, 15) is 13.6 Å². The first kappa shape index (κ1) is 20.3. The van der Waals surface area contributed by atoms with Crippen molar-refractivity contribution in [1.29, 1.82) is 0 Å². The van der Waals surface area contributed by atoms with Gasteiger partial charge in [-0.2, -0.15) is 0 Å². The molecule has 0 bridgehead atoms. The highest BCUT2D eigenvalue weighted by Crippen LogP contribution is 2.25. The zero-order valence-electron chi connectivity index (χ0n) is 16.7. The standard InChI is InChI=1S/C25H19F2NO3/c1-30-24-11-7-18(25(29)28-23-10-8-20(26)14-22(23)27)12-19(24)15-31-21-9-6-16-4-2-3-5-17(16)13-21/h2-14H,15H2,1H3,(H,28,29). The SMILES string of the molecule is COc1ccc(C(=O)Nc2ccc(F)cc2F)cc1COc1ccc2ccccc2c1. The maximum absolute atomic E-state index is 13.8. The Kier molecular flexibility index (Phi) is 5.80. The second-order valence-electron chi connectivity index (χ2n) is 6.90. The summed E-state index contributed by atoms with van der Waals surface area (Å²) < 4.78 is 38.2. The molecule has 0 heterocycles. The van der Waals surface area contributed by atoms with Gasteiger partial charge in [0.2, 0.25) is 0 Å². The van der Waals surface area contributed by atoms with Crippen LogP contribution >= 0.6 is 0 Å². The lowest BCUT2D eigenvalue weighted by atomic mass is 10.1.